The standard InChI is InChI=1S/C19H30N4O3/c1-14(2)17(13-23-10-9-16(24)12-23)22(3)18(25)11-20-19(26)21-15-7-5-4-6-8-15/h4-8,14,16-17,24H,9-13H2,1-3H3,(H2,20,21,26)/t16?,17-/m1/s1. The van der Waals surface area contributed by atoms with Gasteiger partial charge in [-0.3, -0.25) is 9.69 Å². The van der Waals surface area contributed by atoms with Crippen LogP contribution < -0.4 is 10.6 Å². The molecule has 3 N–H and O–H groups in total. The lowest BCUT2D eigenvalue weighted by Crippen LogP contribution is -2.50. The molecule has 2 rings (SSSR count). The smallest absolute Gasteiger partial charge is 0.319 e. The largest absolute Gasteiger partial charge is 0.392 e. The van der Waals surface area contributed by atoms with Gasteiger partial charge in [0, 0.05) is 38.4 Å². The molecule has 1 aliphatic rings. The predicted molar refractivity (Wildman–Crippen MR) is 102 cm³/mol. The summed E-state index contributed by atoms with van der Waals surface area (Å²) in [6.45, 7) is 6.34. The van der Waals surface area contributed by atoms with E-state index in [9.17, 15) is 14.7 Å². The van der Waals surface area contributed by atoms with E-state index in [2.05, 4.69) is 29.4 Å². The second kappa shape index (κ2) is 9.54. The quantitative estimate of drug-likeness (QED) is 0.684. The maximum absolute atomic E-state index is 12.5. The molecule has 0 aromatic heterocycles. The van der Waals surface area contributed by atoms with Crippen molar-refractivity contribution in [2.45, 2.75) is 32.4 Å². The average molecular weight is 362 g/mol. The number of nitrogens with one attached hydrogen (secondary N) is 2. The molecular weight excluding hydrogens is 332 g/mol. The van der Waals surface area contributed by atoms with Crippen molar-refractivity contribution in [3.05, 3.63) is 30.3 Å². The third-order valence-corrected chi connectivity index (χ3v) is 4.78. The first-order valence-corrected chi connectivity index (χ1v) is 9.12. The van der Waals surface area contributed by atoms with E-state index in [0.717, 1.165) is 19.5 Å². The van der Waals surface area contributed by atoms with E-state index >= 15 is 0 Å². The number of para-hydroxylation sites is 1. The Labute approximate surface area is 155 Å². The van der Waals surface area contributed by atoms with Crippen LogP contribution in [0.1, 0.15) is 20.3 Å². The Balaban J connectivity index is 1.82. The summed E-state index contributed by atoms with van der Waals surface area (Å²) in [6.07, 6.45) is 0.510. The highest BCUT2D eigenvalue weighted by Crippen LogP contribution is 2.16. The fraction of sp³-hybridized carbons (Fsp3) is 0.579. The number of urea groups is 1. The van der Waals surface area contributed by atoms with Crippen LogP contribution in [0.4, 0.5) is 10.5 Å². The number of aliphatic hydroxyl groups excluding tert-OH is 1. The molecule has 1 aromatic carbocycles. The molecule has 26 heavy (non-hydrogen) atoms. The number of likely N-dealkylation sites (tertiary alicyclic amines) is 1. The Morgan fingerprint density at radius 2 is 2.00 bits per heavy atom. The van der Waals surface area contributed by atoms with Crippen LogP contribution in [-0.4, -0.2) is 72.2 Å². The number of hydrogen-bond acceptors (Lipinski definition) is 4. The molecule has 0 bridgehead atoms. The van der Waals surface area contributed by atoms with Crippen molar-refractivity contribution < 1.29 is 14.7 Å². The molecule has 144 valence electrons. The van der Waals surface area contributed by atoms with E-state index in [1.165, 1.54) is 0 Å². The number of rotatable bonds is 7. The van der Waals surface area contributed by atoms with Gasteiger partial charge in [-0.25, -0.2) is 4.79 Å². The fourth-order valence-corrected chi connectivity index (χ4v) is 3.19. The van der Waals surface area contributed by atoms with Crippen molar-refractivity contribution in [3.8, 4) is 0 Å². The molecule has 1 unspecified atom stereocenters. The molecule has 7 heteroatoms. The van der Waals surface area contributed by atoms with Crippen LogP contribution in [0, 0.1) is 5.92 Å². The molecule has 0 aliphatic carbocycles. The highest BCUT2D eigenvalue weighted by Gasteiger charge is 2.28. The zero-order valence-corrected chi connectivity index (χ0v) is 15.8. The SMILES string of the molecule is CC(C)[C@@H](CN1CCC(O)C1)N(C)C(=O)CNC(=O)Nc1ccccc1. The van der Waals surface area contributed by atoms with Crippen LogP contribution in [0.3, 0.4) is 0 Å². The van der Waals surface area contributed by atoms with E-state index < -0.39 is 6.03 Å². The zero-order chi connectivity index (χ0) is 19.1. The summed E-state index contributed by atoms with van der Waals surface area (Å²) in [5.41, 5.74) is 0.679. The fourth-order valence-electron chi connectivity index (χ4n) is 3.19. The maximum atomic E-state index is 12.5. The van der Waals surface area contributed by atoms with Gasteiger partial charge in [0.15, 0.2) is 0 Å². The van der Waals surface area contributed by atoms with E-state index in [0.29, 0.717) is 12.2 Å². The van der Waals surface area contributed by atoms with E-state index in [-0.39, 0.29) is 30.5 Å². The highest BCUT2D eigenvalue weighted by atomic mass is 16.3. The molecule has 0 spiro atoms. The minimum Gasteiger partial charge on any atom is -0.392 e. The van der Waals surface area contributed by atoms with Crippen molar-refractivity contribution in [3.63, 3.8) is 0 Å². The number of benzene rings is 1. The van der Waals surface area contributed by atoms with Crippen LogP contribution in [-0.2, 0) is 4.79 Å². The van der Waals surface area contributed by atoms with Crippen LogP contribution in [0.5, 0.6) is 0 Å². The van der Waals surface area contributed by atoms with Crippen LogP contribution in [0.25, 0.3) is 0 Å². The molecule has 1 aromatic rings. The third kappa shape index (κ3) is 6.00. The van der Waals surface area contributed by atoms with Crippen LogP contribution >= 0.6 is 0 Å². The molecule has 7 nitrogen and oxygen atoms in total. The Morgan fingerprint density at radius 3 is 2.58 bits per heavy atom. The van der Waals surface area contributed by atoms with Gasteiger partial charge in [0.2, 0.25) is 5.91 Å². The zero-order valence-electron chi connectivity index (χ0n) is 15.8. The lowest BCUT2D eigenvalue weighted by molar-refractivity contribution is -0.132. The van der Waals surface area contributed by atoms with Gasteiger partial charge < -0.3 is 20.6 Å². The van der Waals surface area contributed by atoms with Crippen molar-refractivity contribution in [1.29, 1.82) is 0 Å². The lowest BCUT2D eigenvalue weighted by Gasteiger charge is -2.34. The van der Waals surface area contributed by atoms with E-state index in [4.69, 9.17) is 0 Å². The van der Waals surface area contributed by atoms with Crippen molar-refractivity contribution >= 4 is 17.6 Å². The van der Waals surface area contributed by atoms with Crippen molar-refractivity contribution in [2.24, 2.45) is 5.92 Å². The predicted octanol–water partition coefficient (Wildman–Crippen LogP) is 1.36. The van der Waals surface area contributed by atoms with Gasteiger partial charge in [0.25, 0.3) is 0 Å². The number of β-amino-alcohol motifs (C(OH)–C–C–N with tert-alkyl or cyclic N) is 1. The molecule has 3 amide bonds. The summed E-state index contributed by atoms with van der Waals surface area (Å²) in [5.74, 6) is 0.145. The number of anilines is 1. The monoisotopic (exact) mass is 362 g/mol. The Hall–Kier alpha value is -2.12. The number of aliphatic hydroxyl groups is 1. The molecule has 1 fully saturated rings. The van der Waals surface area contributed by atoms with E-state index in [1.807, 2.05) is 18.2 Å². The molecular formula is C19H30N4O3. The summed E-state index contributed by atoms with van der Waals surface area (Å²) in [7, 11) is 1.77. The Morgan fingerprint density at radius 1 is 1.31 bits per heavy atom. The normalized spacial score (nSPS) is 18.6. The molecule has 1 saturated heterocycles. The summed E-state index contributed by atoms with van der Waals surface area (Å²) in [6, 6.07) is 8.73. The van der Waals surface area contributed by atoms with Gasteiger partial charge in [0.1, 0.15) is 0 Å². The van der Waals surface area contributed by atoms with Crippen molar-refractivity contribution in [2.75, 3.05) is 38.5 Å². The molecule has 1 aliphatic heterocycles. The Kier molecular flexibility index (Phi) is 7.41. The second-order valence-electron chi connectivity index (χ2n) is 7.19. The topological polar surface area (TPSA) is 84.9 Å². The van der Waals surface area contributed by atoms with Gasteiger partial charge in [-0.1, -0.05) is 32.0 Å². The van der Waals surface area contributed by atoms with Crippen molar-refractivity contribution in [1.82, 2.24) is 15.1 Å². The summed E-state index contributed by atoms with van der Waals surface area (Å²) < 4.78 is 0. The molecule has 0 radical (unpaired) electrons. The number of hydrogen-bond donors (Lipinski definition) is 3. The van der Waals surface area contributed by atoms with Gasteiger partial charge in [0.05, 0.1) is 12.6 Å². The van der Waals surface area contributed by atoms with Gasteiger partial charge in [-0.2, -0.15) is 0 Å². The maximum Gasteiger partial charge on any atom is 0.319 e. The Bertz CT molecular complexity index is 594. The first kappa shape index (κ1) is 20.2. The van der Waals surface area contributed by atoms with Gasteiger partial charge in [-0.15, -0.1) is 0 Å². The summed E-state index contributed by atoms with van der Waals surface area (Å²) in [5, 5.41) is 15.0. The third-order valence-electron chi connectivity index (χ3n) is 4.78. The number of likely N-dealkylation sites (N-methyl/N-ethyl adjacent to an activating group) is 1. The molecule has 0 saturated carbocycles. The minimum absolute atomic E-state index is 0.0341. The minimum atomic E-state index is -0.401. The highest BCUT2D eigenvalue weighted by molar-refractivity contribution is 5.92. The number of carbonyl (C=O) groups excluding carboxylic acids is 2. The second-order valence-corrected chi connectivity index (χ2v) is 7.19. The van der Waals surface area contributed by atoms with Gasteiger partial charge in [-0.05, 0) is 24.5 Å². The number of carbonyl (C=O) groups is 2. The first-order chi connectivity index (χ1) is 12.4. The van der Waals surface area contributed by atoms with Crippen LogP contribution in [0.2, 0.25) is 0 Å². The number of nitrogens with zero attached hydrogens (tertiary/aromatic N) is 2. The molecule has 2 atom stereocenters. The first-order valence-electron chi connectivity index (χ1n) is 9.12. The van der Waals surface area contributed by atoms with Crippen LogP contribution in [0.15, 0.2) is 30.3 Å². The van der Waals surface area contributed by atoms with E-state index in [1.54, 1.807) is 24.1 Å². The average Bonchev–Trinajstić information content (AvgIpc) is 3.02. The van der Waals surface area contributed by atoms with Gasteiger partial charge >= 0.3 is 6.03 Å². The summed E-state index contributed by atoms with van der Waals surface area (Å²) >= 11 is 0. The number of amides is 3. The molecule has 1 heterocycles. The summed E-state index contributed by atoms with van der Waals surface area (Å²) in [4.78, 5) is 28.3. The lowest BCUT2D eigenvalue weighted by atomic mass is 10.0.